The van der Waals surface area contributed by atoms with Crippen LogP contribution in [0.2, 0.25) is 0 Å². The molecule has 0 amide bonds. The molecule has 13 heavy (non-hydrogen) atoms. The molecule has 1 heterocycles. The van der Waals surface area contributed by atoms with Crippen LogP contribution in [-0.4, -0.2) is 23.4 Å². The fourth-order valence-electron chi connectivity index (χ4n) is 1.13. The number of nitrogens with zero attached hydrogens (tertiary/aromatic N) is 1. The minimum absolute atomic E-state index is 0.0439. The molecule has 1 rings (SSSR count). The highest BCUT2D eigenvalue weighted by Gasteiger charge is 2.13. The number of carbonyl (C=O) groups is 1. The van der Waals surface area contributed by atoms with Crippen molar-refractivity contribution in [2.24, 2.45) is 0 Å². The molecule has 70 valence electrons. The zero-order valence-electron chi connectivity index (χ0n) is 7.95. The van der Waals surface area contributed by atoms with E-state index in [9.17, 15) is 4.79 Å². The average molecular weight is 178 g/mol. The molecule has 0 spiro atoms. The van der Waals surface area contributed by atoms with Crippen LogP contribution in [0.15, 0.2) is 24.4 Å². The van der Waals surface area contributed by atoms with Gasteiger partial charge < -0.3 is 5.32 Å². The lowest BCUT2D eigenvalue weighted by molar-refractivity contribution is 0.0947. The normalized spacial score (nSPS) is 12.5. The third-order valence-electron chi connectivity index (χ3n) is 1.82. The van der Waals surface area contributed by atoms with Crippen LogP contribution in [0.5, 0.6) is 0 Å². The van der Waals surface area contributed by atoms with Crippen molar-refractivity contribution in [1.82, 2.24) is 10.3 Å². The van der Waals surface area contributed by atoms with E-state index in [-0.39, 0.29) is 11.8 Å². The van der Waals surface area contributed by atoms with Crippen molar-refractivity contribution in [2.75, 3.05) is 6.54 Å². The Labute approximate surface area is 78.2 Å². The molecule has 1 aromatic rings. The predicted molar refractivity (Wildman–Crippen MR) is 51.7 cm³/mol. The smallest absolute Gasteiger partial charge is 0.197 e. The van der Waals surface area contributed by atoms with Crippen LogP contribution in [0.4, 0.5) is 0 Å². The summed E-state index contributed by atoms with van der Waals surface area (Å²) in [5.41, 5.74) is 0.524. The number of hydrogen-bond donors (Lipinski definition) is 1. The number of aromatic nitrogens is 1. The highest BCUT2D eigenvalue weighted by Crippen LogP contribution is 1.98. The highest BCUT2D eigenvalue weighted by molar-refractivity contribution is 5.98. The summed E-state index contributed by atoms with van der Waals surface area (Å²) in [7, 11) is 0. The quantitative estimate of drug-likeness (QED) is 0.706. The van der Waals surface area contributed by atoms with Gasteiger partial charge in [0.25, 0.3) is 0 Å². The molecular weight excluding hydrogens is 164 g/mol. The van der Waals surface area contributed by atoms with Crippen LogP contribution < -0.4 is 5.32 Å². The molecule has 1 aromatic heterocycles. The summed E-state index contributed by atoms with van der Waals surface area (Å²) in [5, 5.41) is 3.05. The molecule has 3 nitrogen and oxygen atoms in total. The standard InChI is InChI=1S/C10H14N2O/c1-3-11-8(2)10(13)9-6-4-5-7-12-9/h4-8,11H,3H2,1-2H3. The maximum atomic E-state index is 11.6. The fraction of sp³-hybridized carbons (Fsp3) is 0.400. The first kappa shape index (κ1) is 9.86. The van der Waals surface area contributed by atoms with Crippen molar-refractivity contribution in [3.05, 3.63) is 30.1 Å². The number of Topliss-reactive ketones (excluding diaryl/α,β-unsaturated/α-hetero) is 1. The van der Waals surface area contributed by atoms with E-state index in [0.717, 1.165) is 6.54 Å². The van der Waals surface area contributed by atoms with Gasteiger partial charge >= 0.3 is 0 Å². The molecule has 0 aliphatic carbocycles. The Morgan fingerprint density at radius 1 is 1.62 bits per heavy atom. The number of ketones is 1. The summed E-state index contributed by atoms with van der Waals surface area (Å²) >= 11 is 0. The van der Waals surface area contributed by atoms with Crippen LogP contribution in [0, 0.1) is 0 Å². The summed E-state index contributed by atoms with van der Waals surface area (Å²) in [4.78, 5) is 15.6. The van der Waals surface area contributed by atoms with Crippen LogP contribution >= 0.6 is 0 Å². The summed E-state index contributed by atoms with van der Waals surface area (Å²) in [6.07, 6.45) is 1.63. The zero-order chi connectivity index (χ0) is 9.68. The minimum atomic E-state index is -0.153. The van der Waals surface area contributed by atoms with Gasteiger partial charge in [-0.25, -0.2) is 0 Å². The average Bonchev–Trinajstić information content (AvgIpc) is 2.18. The lowest BCUT2D eigenvalue weighted by Crippen LogP contribution is -2.34. The Balaban J connectivity index is 2.68. The number of nitrogens with one attached hydrogen (secondary N) is 1. The molecule has 0 aliphatic rings. The largest absolute Gasteiger partial charge is 0.308 e. The summed E-state index contributed by atoms with van der Waals surface area (Å²) < 4.78 is 0. The lowest BCUT2D eigenvalue weighted by atomic mass is 10.1. The molecule has 0 aromatic carbocycles. The maximum absolute atomic E-state index is 11.6. The Bertz CT molecular complexity index is 272. The second kappa shape index (κ2) is 4.72. The highest BCUT2D eigenvalue weighted by atomic mass is 16.1. The number of likely N-dealkylation sites (N-methyl/N-ethyl adjacent to an activating group) is 1. The number of hydrogen-bond acceptors (Lipinski definition) is 3. The Morgan fingerprint density at radius 2 is 2.38 bits per heavy atom. The molecule has 0 bridgehead atoms. The van der Waals surface area contributed by atoms with Crippen molar-refractivity contribution in [3.63, 3.8) is 0 Å². The van der Waals surface area contributed by atoms with Crippen LogP contribution in [-0.2, 0) is 0 Å². The summed E-state index contributed by atoms with van der Waals surface area (Å²) in [5.74, 6) is 0.0439. The number of carbonyl (C=O) groups excluding carboxylic acids is 1. The molecule has 1 unspecified atom stereocenters. The van der Waals surface area contributed by atoms with Crippen LogP contribution in [0.3, 0.4) is 0 Å². The van der Waals surface area contributed by atoms with Crippen molar-refractivity contribution >= 4 is 5.78 Å². The molecule has 3 heteroatoms. The van der Waals surface area contributed by atoms with Gasteiger partial charge in [0.15, 0.2) is 5.78 Å². The van der Waals surface area contributed by atoms with E-state index in [4.69, 9.17) is 0 Å². The Morgan fingerprint density at radius 3 is 2.92 bits per heavy atom. The minimum Gasteiger partial charge on any atom is -0.308 e. The Kier molecular flexibility index (Phi) is 3.58. The second-order valence-electron chi connectivity index (χ2n) is 2.86. The molecule has 0 radical (unpaired) electrons. The maximum Gasteiger partial charge on any atom is 0.197 e. The van der Waals surface area contributed by atoms with Gasteiger partial charge in [0, 0.05) is 6.20 Å². The van der Waals surface area contributed by atoms with Gasteiger partial charge in [0.05, 0.1) is 6.04 Å². The first-order valence-corrected chi connectivity index (χ1v) is 4.44. The lowest BCUT2D eigenvalue weighted by Gasteiger charge is -2.09. The molecule has 0 saturated heterocycles. The van der Waals surface area contributed by atoms with E-state index in [1.54, 1.807) is 18.3 Å². The third-order valence-corrected chi connectivity index (χ3v) is 1.82. The first-order chi connectivity index (χ1) is 6.25. The molecule has 0 fully saturated rings. The fourth-order valence-corrected chi connectivity index (χ4v) is 1.13. The molecule has 1 atom stereocenters. The van der Waals surface area contributed by atoms with Gasteiger partial charge in [-0.3, -0.25) is 9.78 Å². The number of pyridine rings is 1. The van der Waals surface area contributed by atoms with Gasteiger partial charge in [0.2, 0.25) is 0 Å². The molecule has 0 aliphatic heterocycles. The van der Waals surface area contributed by atoms with Crippen molar-refractivity contribution in [1.29, 1.82) is 0 Å². The van der Waals surface area contributed by atoms with Gasteiger partial charge in [-0.15, -0.1) is 0 Å². The number of rotatable bonds is 4. The summed E-state index contributed by atoms with van der Waals surface area (Å²) in [6.45, 7) is 4.61. The molecule has 1 N–H and O–H groups in total. The van der Waals surface area contributed by atoms with E-state index < -0.39 is 0 Å². The van der Waals surface area contributed by atoms with E-state index in [1.165, 1.54) is 0 Å². The molecular formula is C10H14N2O. The third kappa shape index (κ3) is 2.63. The van der Waals surface area contributed by atoms with Crippen molar-refractivity contribution < 1.29 is 4.79 Å². The van der Waals surface area contributed by atoms with Gasteiger partial charge in [-0.05, 0) is 25.6 Å². The van der Waals surface area contributed by atoms with E-state index in [2.05, 4.69) is 10.3 Å². The first-order valence-electron chi connectivity index (χ1n) is 4.44. The van der Waals surface area contributed by atoms with Crippen LogP contribution in [0.25, 0.3) is 0 Å². The predicted octanol–water partition coefficient (Wildman–Crippen LogP) is 1.26. The Hall–Kier alpha value is -1.22. The van der Waals surface area contributed by atoms with E-state index in [1.807, 2.05) is 19.9 Å². The van der Waals surface area contributed by atoms with Crippen molar-refractivity contribution in [2.45, 2.75) is 19.9 Å². The zero-order valence-corrected chi connectivity index (χ0v) is 7.95. The summed E-state index contributed by atoms with van der Waals surface area (Å²) in [6, 6.07) is 5.20. The SMILES string of the molecule is CCNC(C)C(=O)c1ccccn1. The topological polar surface area (TPSA) is 42.0 Å². The van der Waals surface area contributed by atoms with Crippen molar-refractivity contribution in [3.8, 4) is 0 Å². The second-order valence-corrected chi connectivity index (χ2v) is 2.86. The van der Waals surface area contributed by atoms with Gasteiger partial charge in [0.1, 0.15) is 5.69 Å². The van der Waals surface area contributed by atoms with Gasteiger partial charge in [-0.1, -0.05) is 13.0 Å². The monoisotopic (exact) mass is 178 g/mol. The van der Waals surface area contributed by atoms with Gasteiger partial charge in [-0.2, -0.15) is 0 Å². The molecule has 0 saturated carbocycles. The van der Waals surface area contributed by atoms with E-state index in [0.29, 0.717) is 5.69 Å². The van der Waals surface area contributed by atoms with E-state index >= 15 is 0 Å². The van der Waals surface area contributed by atoms with Crippen LogP contribution in [0.1, 0.15) is 24.3 Å².